The predicted molar refractivity (Wildman–Crippen MR) is 291 cm³/mol. The second-order valence-corrected chi connectivity index (χ2v) is 22.3. The molecule has 6 unspecified atom stereocenters. The maximum absolute atomic E-state index is 2.68. The number of benzene rings is 9. The fraction of sp³-hybridized carbons (Fsp3) is 0.246. The van der Waals surface area contributed by atoms with Crippen LogP contribution in [0.3, 0.4) is 0 Å². The Labute approximate surface area is 413 Å². The Hall–Kier alpha value is -6.96. The van der Waals surface area contributed by atoms with E-state index in [0.29, 0.717) is 11.8 Å². The van der Waals surface area contributed by atoms with Crippen LogP contribution in [0.4, 0.5) is 17.1 Å². The van der Waals surface area contributed by atoms with E-state index in [1.54, 1.807) is 11.1 Å². The first kappa shape index (κ1) is 40.9. The summed E-state index contributed by atoms with van der Waals surface area (Å²) in [7, 11) is 0. The highest BCUT2D eigenvalue weighted by Crippen LogP contribution is 2.73. The molecule has 0 radical (unpaired) electrons. The molecule has 0 N–H and O–H groups in total. The number of rotatable bonds is 7. The lowest BCUT2D eigenvalue weighted by Gasteiger charge is -2.44. The minimum Gasteiger partial charge on any atom is -0.310 e. The Morgan fingerprint density at radius 1 is 0.457 bits per heavy atom. The molecule has 16 rings (SSSR count). The summed E-state index contributed by atoms with van der Waals surface area (Å²) in [5.41, 5.74) is 23.1. The summed E-state index contributed by atoms with van der Waals surface area (Å²) >= 11 is 0. The van der Waals surface area contributed by atoms with Crippen LogP contribution in [0.5, 0.6) is 0 Å². The van der Waals surface area contributed by atoms with Crippen molar-refractivity contribution in [1.29, 1.82) is 0 Å². The third kappa shape index (κ3) is 5.67. The molecule has 7 aliphatic rings. The second kappa shape index (κ2) is 15.5. The van der Waals surface area contributed by atoms with Gasteiger partial charge in [-0.05, 0) is 188 Å². The molecule has 340 valence electrons. The molecular weight excluding hydrogens is 843 g/mol. The average molecular weight is 902 g/mol. The Morgan fingerprint density at radius 2 is 1.11 bits per heavy atom. The lowest BCUT2D eigenvalue weighted by atomic mass is 9.59. The first-order chi connectivity index (χ1) is 34.6. The van der Waals surface area contributed by atoms with Gasteiger partial charge < -0.3 is 4.90 Å². The summed E-state index contributed by atoms with van der Waals surface area (Å²) in [6.45, 7) is 2.42. The highest BCUT2D eigenvalue weighted by molar-refractivity contribution is 6.04. The molecule has 4 bridgehead atoms. The molecule has 1 spiro atoms. The zero-order valence-electron chi connectivity index (χ0n) is 40.3. The van der Waals surface area contributed by atoms with E-state index in [-0.39, 0.29) is 10.8 Å². The van der Waals surface area contributed by atoms with Crippen molar-refractivity contribution in [3.8, 4) is 44.5 Å². The van der Waals surface area contributed by atoms with Gasteiger partial charge in [0.1, 0.15) is 0 Å². The fourth-order valence-electron chi connectivity index (χ4n) is 16.4. The molecule has 0 heterocycles. The number of hydrogen-bond donors (Lipinski definition) is 0. The SMILES string of the molecule is CC1(c2ccccc2)c2ccccc2-c2c(-c3ccc(N(c4ccc5c(c4)C4(c6ccccc6-5)C5CC6CC(C5)C4C6)c4ccccc4-c4cccc5cccc(C6CCCCC6)c45)cc3)cccc21. The maximum Gasteiger partial charge on any atom is 0.0540 e. The highest BCUT2D eigenvalue weighted by Gasteiger charge is 2.66. The summed E-state index contributed by atoms with van der Waals surface area (Å²) in [6.07, 6.45) is 12.1. The predicted octanol–water partition coefficient (Wildman–Crippen LogP) is 18.4. The normalized spacial score (nSPS) is 24.5. The lowest BCUT2D eigenvalue weighted by molar-refractivity contribution is 0.191. The standard InChI is InChI=1S/C69H59N/c1-68(49-21-6-3-7-22-49)60-29-11-9-25-59(60)67-54(27-16-31-62(67)68)46-33-35-51(36-34-46)70(65-32-13-10-24-57(65)58-28-15-20-47-19-14-26-53(66(47)58)45-17-4-2-5-18-45)52-37-38-56-55-23-8-12-30-61(55)69(64(56)43-52)50-40-44-39-48(42-50)63(69)41-44/h3,6-16,19-38,43-45,48,50,63H,2,4-5,17-18,39-42H2,1H3. The van der Waals surface area contributed by atoms with Crippen LogP contribution in [0.15, 0.2) is 200 Å². The van der Waals surface area contributed by atoms with Crippen molar-refractivity contribution in [1.82, 2.24) is 0 Å². The Bertz CT molecular complexity index is 3530. The van der Waals surface area contributed by atoms with Crippen molar-refractivity contribution < 1.29 is 0 Å². The van der Waals surface area contributed by atoms with Gasteiger partial charge in [0, 0.05) is 27.8 Å². The van der Waals surface area contributed by atoms with Crippen LogP contribution >= 0.6 is 0 Å². The third-order valence-electron chi connectivity index (χ3n) is 19.1. The molecule has 0 saturated heterocycles. The molecular formula is C69H59N. The minimum absolute atomic E-state index is 0.0946. The molecule has 0 aromatic heterocycles. The van der Waals surface area contributed by atoms with E-state index in [9.17, 15) is 0 Å². The van der Waals surface area contributed by atoms with Crippen LogP contribution in [0.2, 0.25) is 0 Å². The first-order valence-electron chi connectivity index (χ1n) is 26.6. The largest absolute Gasteiger partial charge is 0.310 e. The average Bonchev–Trinajstić information content (AvgIpc) is 4.06. The van der Waals surface area contributed by atoms with Crippen LogP contribution in [0, 0.1) is 23.7 Å². The van der Waals surface area contributed by atoms with Gasteiger partial charge in [0.25, 0.3) is 0 Å². The monoisotopic (exact) mass is 901 g/mol. The molecule has 0 aliphatic heterocycles. The number of fused-ring (bicyclic) bond motifs is 7. The maximum atomic E-state index is 2.68. The van der Waals surface area contributed by atoms with Gasteiger partial charge in [0.2, 0.25) is 0 Å². The molecule has 5 saturated carbocycles. The Balaban J connectivity index is 0.926. The van der Waals surface area contributed by atoms with Gasteiger partial charge in [-0.2, -0.15) is 0 Å². The molecule has 6 atom stereocenters. The van der Waals surface area contributed by atoms with Crippen molar-refractivity contribution >= 4 is 27.8 Å². The molecule has 9 aromatic carbocycles. The molecule has 9 aromatic rings. The molecule has 1 nitrogen and oxygen atoms in total. The number of nitrogens with zero attached hydrogens (tertiary/aromatic N) is 1. The van der Waals surface area contributed by atoms with Crippen molar-refractivity contribution in [2.75, 3.05) is 4.90 Å². The van der Waals surface area contributed by atoms with E-state index in [2.05, 4.69) is 212 Å². The van der Waals surface area contributed by atoms with E-state index in [1.807, 2.05) is 0 Å². The van der Waals surface area contributed by atoms with Gasteiger partial charge in [-0.1, -0.05) is 189 Å². The molecule has 0 amide bonds. The van der Waals surface area contributed by atoms with E-state index in [0.717, 1.165) is 17.8 Å². The zero-order chi connectivity index (χ0) is 46.1. The van der Waals surface area contributed by atoms with Gasteiger partial charge in [-0.3, -0.25) is 0 Å². The van der Waals surface area contributed by atoms with Gasteiger partial charge in [0.05, 0.1) is 5.69 Å². The van der Waals surface area contributed by atoms with E-state index >= 15 is 0 Å². The smallest absolute Gasteiger partial charge is 0.0540 e. The summed E-state index contributed by atoms with van der Waals surface area (Å²) in [5.74, 6) is 3.79. The van der Waals surface area contributed by atoms with Gasteiger partial charge in [-0.15, -0.1) is 0 Å². The lowest BCUT2D eigenvalue weighted by Crippen LogP contribution is -2.40. The zero-order valence-corrected chi connectivity index (χ0v) is 40.3. The quantitative estimate of drug-likeness (QED) is 0.154. The highest BCUT2D eigenvalue weighted by atomic mass is 15.1. The van der Waals surface area contributed by atoms with Crippen LogP contribution in [0.25, 0.3) is 55.3 Å². The van der Waals surface area contributed by atoms with Crippen LogP contribution in [-0.4, -0.2) is 0 Å². The third-order valence-corrected chi connectivity index (χ3v) is 19.1. The van der Waals surface area contributed by atoms with E-state index in [4.69, 9.17) is 0 Å². The summed E-state index contributed by atoms with van der Waals surface area (Å²) < 4.78 is 0. The molecule has 7 aliphatic carbocycles. The van der Waals surface area contributed by atoms with E-state index in [1.165, 1.54) is 152 Å². The number of para-hydroxylation sites is 1. The summed E-state index contributed by atoms with van der Waals surface area (Å²) in [4.78, 5) is 2.62. The minimum atomic E-state index is -0.245. The number of hydrogen-bond acceptors (Lipinski definition) is 1. The summed E-state index contributed by atoms with van der Waals surface area (Å²) in [6, 6.07) is 77.5. The van der Waals surface area contributed by atoms with Gasteiger partial charge >= 0.3 is 0 Å². The number of anilines is 3. The van der Waals surface area contributed by atoms with Crippen molar-refractivity contribution in [2.24, 2.45) is 23.7 Å². The van der Waals surface area contributed by atoms with Gasteiger partial charge in [-0.25, -0.2) is 0 Å². The topological polar surface area (TPSA) is 3.24 Å². The van der Waals surface area contributed by atoms with E-state index < -0.39 is 0 Å². The summed E-state index contributed by atoms with van der Waals surface area (Å²) in [5, 5.41) is 2.77. The van der Waals surface area contributed by atoms with Gasteiger partial charge in [0.15, 0.2) is 0 Å². The Morgan fingerprint density at radius 3 is 1.94 bits per heavy atom. The van der Waals surface area contributed by atoms with Crippen molar-refractivity contribution in [3.63, 3.8) is 0 Å². The van der Waals surface area contributed by atoms with Crippen molar-refractivity contribution in [2.45, 2.75) is 81.5 Å². The fourth-order valence-corrected chi connectivity index (χ4v) is 16.4. The van der Waals surface area contributed by atoms with Crippen molar-refractivity contribution in [3.05, 3.63) is 234 Å². The van der Waals surface area contributed by atoms with Crippen LogP contribution in [0.1, 0.15) is 104 Å². The molecule has 5 fully saturated rings. The first-order valence-corrected chi connectivity index (χ1v) is 26.6. The van der Waals surface area contributed by atoms with Crippen LogP contribution in [-0.2, 0) is 10.8 Å². The Kier molecular flexibility index (Phi) is 9.06. The second-order valence-electron chi connectivity index (χ2n) is 22.3. The molecule has 70 heavy (non-hydrogen) atoms. The molecule has 1 heteroatoms. The van der Waals surface area contributed by atoms with Crippen LogP contribution < -0.4 is 4.90 Å².